The molecule has 0 bridgehead atoms. The van der Waals surface area contributed by atoms with E-state index in [1.165, 1.54) is 92.1 Å². The Kier molecular flexibility index (Phi) is 7.16. The van der Waals surface area contributed by atoms with E-state index in [1.54, 1.807) is 0 Å². The Labute approximate surface area is 305 Å². The van der Waals surface area contributed by atoms with Crippen molar-refractivity contribution in [2.24, 2.45) is 0 Å². The summed E-state index contributed by atoms with van der Waals surface area (Å²) in [6, 6.07) is 74.8. The lowest BCUT2D eigenvalue weighted by Gasteiger charge is -2.32. The fraction of sp³-hybridized carbons (Fsp3) is 0.0196. The lowest BCUT2D eigenvalue weighted by Crippen LogP contribution is -2.46. The van der Waals surface area contributed by atoms with E-state index in [-0.39, 0.29) is 0 Å². The summed E-state index contributed by atoms with van der Waals surface area (Å²) in [6.07, 6.45) is 0. The Bertz CT molecular complexity index is 2700. The van der Waals surface area contributed by atoms with Gasteiger partial charge in [0.25, 0.3) is 0 Å². The Balaban J connectivity index is 1.33. The third kappa shape index (κ3) is 4.89. The summed E-state index contributed by atoms with van der Waals surface area (Å²) in [7, 11) is -2.72. The average Bonchev–Trinajstić information content (AvgIpc) is 3.49. The first-order valence-corrected chi connectivity index (χ1v) is 20.7. The summed E-state index contributed by atoms with van der Waals surface area (Å²) in [6.45, 7) is 2.60. The number of allylic oxidation sites excluding steroid dienone is 2. The van der Waals surface area contributed by atoms with Crippen molar-refractivity contribution in [3.05, 3.63) is 222 Å². The zero-order valence-corrected chi connectivity index (χ0v) is 30.1. The van der Waals surface area contributed by atoms with Crippen LogP contribution in [0.1, 0.15) is 22.3 Å². The molecule has 0 nitrogen and oxygen atoms in total. The number of rotatable bonds is 5. The summed E-state index contributed by atoms with van der Waals surface area (Å²) < 4.78 is 0. The van der Waals surface area contributed by atoms with Gasteiger partial charge in [-0.25, -0.2) is 0 Å². The van der Waals surface area contributed by atoms with E-state index >= 15 is 0 Å². The van der Waals surface area contributed by atoms with E-state index in [0.29, 0.717) is 0 Å². The molecule has 1 aliphatic rings. The number of benzene rings is 9. The molecule has 0 aromatic heterocycles. The summed E-state index contributed by atoms with van der Waals surface area (Å²) in [5, 5.41) is 14.5. The van der Waals surface area contributed by atoms with Crippen LogP contribution in [0.25, 0.3) is 64.6 Å². The molecular weight excluding hydrogens is 641 g/mol. The van der Waals surface area contributed by atoms with Gasteiger partial charge in [0.05, 0.1) is 0 Å². The van der Waals surface area contributed by atoms with Gasteiger partial charge in [-0.3, -0.25) is 0 Å². The van der Waals surface area contributed by atoms with Crippen molar-refractivity contribution in [2.75, 3.05) is 0 Å². The zero-order chi connectivity index (χ0) is 34.6. The van der Waals surface area contributed by atoms with Crippen LogP contribution in [0.4, 0.5) is 0 Å². The van der Waals surface area contributed by atoms with E-state index in [9.17, 15) is 0 Å². The highest BCUT2D eigenvalue weighted by atomic mass is 28.3. The summed E-state index contributed by atoms with van der Waals surface area (Å²) in [5.41, 5.74) is 7.81. The van der Waals surface area contributed by atoms with Crippen LogP contribution in [0.2, 0.25) is 6.55 Å². The van der Waals surface area contributed by atoms with Crippen molar-refractivity contribution < 1.29 is 0 Å². The molecule has 52 heavy (non-hydrogen) atoms. The normalized spacial score (nSPS) is 14.2. The van der Waals surface area contributed by atoms with E-state index in [4.69, 9.17) is 0 Å². The van der Waals surface area contributed by atoms with Crippen molar-refractivity contribution in [3.8, 4) is 0 Å². The van der Waals surface area contributed by atoms with Crippen LogP contribution in [0.15, 0.2) is 200 Å². The van der Waals surface area contributed by atoms with Gasteiger partial charge in [-0.15, -0.1) is 0 Å². The zero-order valence-electron chi connectivity index (χ0n) is 29.1. The molecule has 9 aromatic carbocycles. The lowest BCUT2D eigenvalue weighted by molar-refractivity contribution is 1.59. The molecule has 1 heterocycles. The first kappa shape index (κ1) is 30.5. The maximum Gasteiger partial charge on any atom is 0.148 e. The van der Waals surface area contributed by atoms with Crippen LogP contribution in [-0.2, 0) is 0 Å². The molecule has 244 valence electrons. The SMILES string of the molecule is C[Si]1(c2ccccc2)C(c2ccc3cc4ccccc4cc3c2)=C(c2ccccc2)C(c2ccccc2)=C1c1ccc2cc3ccccc3cc2c1. The second kappa shape index (κ2) is 12.2. The molecule has 0 N–H and O–H groups in total. The Hall–Kier alpha value is -6.28. The van der Waals surface area contributed by atoms with E-state index in [1.807, 2.05) is 0 Å². The van der Waals surface area contributed by atoms with Crippen molar-refractivity contribution in [2.45, 2.75) is 6.55 Å². The topological polar surface area (TPSA) is 0 Å². The van der Waals surface area contributed by atoms with Crippen LogP contribution < -0.4 is 5.19 Å². The van der Waals surface area contributed by atoms with E-state index in [2.05, 4.69) is 207 Å². The first-order valence-electron chi connectivity index (χ1n) is 18.2. The molecule has 0 aliphatic carbocycles. The first-order chi connectivity index (χ1) is 25.6. The highest BCUT2D eigenvalue weighted by molar-refractivity contribution is 7.21. The monoisotopic (exact) mass is 676 g/mol. The minimum atomic E-state index is -2.72. The van der Waals surface area contributed by atoms with Crippen LogP contribution in [0, 0.1) is 0 Å². The van der Waals surface area contributed by atoms with Crippen LogP contribution in [0.3, 0.4) is 0 Å². The maximum absolute atomic E-state index is 2.72. The van der Waals surface area contributed by atoms with E-state index < -0.39 is 8.07 Å². The third-order valence-corrected chi connectivity index (χ3v) is 15.8. The predicted molar refractivity (Wildman–Crippen MR) is 227 cm³/mol. The molecule has 10 rings (SSSR count). The maximum atomic E-state index is 2.60. The summed E-state index contributed by atoms with van der Waals surface area (Å²) >= 11 is 0. The van der Waals surface area contributed by atoms with Crippen molar-refractivity contribution in [3.63, 3.8) is 0 Å². The van der Waals surface area contributed by atoms with Gasteiger partial charge in [0.1, 0.15) is 8.07 Å². The van der Waals surface area contributed by atoms with Crippen LogP contribution in [-0.4, -0.2) is 8.07 Å². The standard InChI is InChI=1S/C51H36Si/c1-52(47-23-9-4-10-24-47)50(43-27-25-41-29-37-19-11-13-21-39(37)31-45(41)33-43)48(35-15-5-2-6-16-35)49(36-17-7-3-8-18-36)51(52)44-28-26-42-30-38-20-12-14-22-40(38)32-46(42)34-44/h2-34H,1H3. The predicted octanol–water partition coefficient (Wildman–Crippen LogP) is 12.9. The largest absolute Gasteiger partial charge is 0.148 e. The summed E-state index contributed by atoms with van der Waals surface area (Å²) in [4.78, 5) is 0. The minimum Gasteiger partial charge on any atom is -0.0624 e. The highest BCUT2D eigenvalue weighted by Gasteiger charge is 2.48. The van der Waals surface area contributed by atoms with Gasteiger partial charge in [-0.2, -0.15) is 0 Å². The van der Waals surface area contributed by atoms with E-state index in [0.717, 1.165) is 0 Å². The molecule has 0 unspecified atom stereocenters. The molecule has 0 amide bonds. The molecular formula is C51H36Si. The molecule has 0 saturated heterocycles. The highest BCUT2D eigenvalue weighted by Crippen LogP contribution is 2.56. The molecule has 0 radical (unpaired) electrons. The number of fused-ring (bicyclic) bond motifs is 4. The van der Waals surface area contributed by atoms with Gasteiger partial charge in [0, 0.05) is 0 Å². The Morgan fingerprint density at radius 2 is 0.596 bits per heavy atom. The van der Waals surface area contributed by atoms with Gasteiger partial charge in [0.15, 0.2) is 0 Å². The fourth-order valence-electron chi connectivity index (χ4n) is 8.78. The summed E-state index contributed by atoms with van der Waals surface area (Å²) in [5.74, 6) is 0. The quantitative estimate of drug-likeness (QED) is 0.126. The Morgan fingerprint density at radius 3 is 1.00 bits per heavy atom. The van der Waals surface area contributed by atoms with Gasteiger partial charge >= 0.3 is 0 Å². The molecule has 0 atom stereocenters. The lowest BCUT2D eigenvalue weighted by atomic mass is 9.88. The molecule has 0 saturated carbocycles. The second-order valence-corrected chi connectivity index (χ2v) is 18.1. The molecule has 0 fully saturated rings. The van der Waals surface area contributed by atoms with Gasteiger partial charge in [0.2, 0.25) is 0 Å². The van der Waals surface area contributed by atoms with Crippen molar-refractivity contribution in [1.82, 2.24) is 0 Å². The average molecular weight is 677 g/mol. The Morgan fingerprint density at radius 1 is 0.269 bits per heavy atom. The molecule has 1 heteroatoms. The van der Waals surface area contributed by atoms with Crippen molar-refractivity contribution >= 4 is 77.9 Å². The van der Waals surface area contributed by atoms with Gasteiger partial charge in [-0.05, 0) is 128 Å². The minimum absolute atomic E-state index is 1.26. The third-order valence-electron chi connectivity index (χ3n) is 11.2. The molecule has 9 aromatic rings. The second-order valence-electron chi connectivity index (χ2n) is 14.2. The van der Waals surface area contributed by atoms with Crippen molar-refractivity contribution in [1.29, 1.82) is 0 Å². The van der Waals surface area contributed by atoms with Gasteiger partial charge in [-0.1, -0.05) is 170 Å². The number of hydrogen-bond acceptors (Lipinski definition) is 0. The number of hydrogen-bond donors (Lipinski definition) is 0. The smallest absolute Gasteiger partial charge is 0.0624 e. The fourth-order valence-corrected chi connectivity index (χ4v) is 13.5. The van der Waals surface area contributed by atoms with Crippen LogP contribution in [0.5, 0.6) is 0 Å². The molecule has 1 aliphatic heterocycles. The van der Waals surface area contributed by atoms with Crippen LogP contribution >= 0.6 is 0 Å². The van der Waals surface area contributed by atoms with Gasteiger partial charge < -0.3 is 0 Å². The molecule has 0 spiro atoms.